The molecule has 1 aliphatic carbocycles. The predicted molar refractivity (Wildman–Crippen MR) is 95.3 cm³/mol. The van der Waals surface area contributed by atoms with Gasteiger partial charge in [-0.2, -0.15) is 5.10 Å². The van der Waals surface area contributed by atoms with Crippen LogP contribution < -0.4 is 11.3 Å². The molecule has 1 atom stereocenters. The number of fused-ring (bicyclic) bond motifs is 1. The van der Waals surface area contributed by atoms with Crippen LogP contribution in [0.15, 0.2) is 23.0 Å². The molecule has 5 heteroatoms. The molecule has 0 fully saturated rings. The van der Waals surface area contributed by atoms with E-state index in [0.29, 0.717) is 12.5 Å². The summed E-state index contributed by atoms with van der Waals surface area (Å²) in [7, 11) is 0. The molecule has 0 spiro atoms. The molecule has 2 aromatic heterocycles. The van der Waals surface area contributed by atoms with E-state index in [9.17, 15) is 4.79 Å². The van der Waals surface area contributed by atoms with Crippen LogP contribution in [0.5, 0.6) is 0 Å². The van der Waals surface area contributed by atoms with Gasteiger partial charge in [-0.15, -0.1) is 0 Å². The summed E-state index contributed by atoms with van der Waals surface area (Å²) in [5.74, 6) is 0.401. The Morgan fingerprint density at radius 1 is 1.38 bits per heavy atom. The zero-order valence-corrected chi connectivity index (χ0v) is 14.7. The van der Waals surface area contributed by atoms with E-state index in [-0.39, 0.29) is 11.6 Å². The summed E-state index contributed by atoms with van der Waals surface area (Å²) in [5.41, 5.74) is 11.2. The quantitative estimate of drug-likeness (QED) is 0.934. The average molecular weight is 326 g/mol. The lowest BCUT2D eigenvalue weighted by molar-refractivity contribution is 0.528. The maximum absolute atomic E-state index is 12.4. The van der Waals surface area contributed by atoms with Crippen LogP contribution in [0.4, 0.5) is 0 Å². The second-order valence-electron chi connectivity index (χ2n) is 6.97. The number of hydrogen-bond donors (Lipinski definition) is 1. The van der Waals surface area contributed by atoms with E-state index in [0.717, 1.165) is 53.9 Å². The van der Waals surface area contributed by atoms with E-state index >= 15 is 0 Å². The molecule has 24 heavy (non-hydrogen) atoms. The maximum Gasteiger partial charge on any atom is 0.267 e. The summed E-state index contributed by atoms with van der Waals surface area (Å²) in [6.45, 7) is 6.86. The van der Waals surface area contributed by atoms with Gasteiger partial charge < -0.3 is 5.73 Å². The molecule has 0 radical (unpaired) electrons. The molecule has 1 unspecified atom stereocenters. The van der Waals surface area contributed by atoms with Crippen LogP contribution >= 0.6 is 0 Å². The van der Waals surface area contributed by atoms with E-state index in [4.69, 9.17) is 10.7 Å². The van der Waals surface area contributed by atoms with E-state index in [1.165, 1.54) is 0 Å². The van der Waals surface area contributed by atoms with Crippen LogP contribution in [0.2, 0.25) is 0 Å². The maximum atomic E-state index is 12.4. The Morgan fingerprint density at radius 2 is 2.17 bits per heavy atom. The van der Waals surface area contributed by atoms with Gasteiger partial charge in [0.1, 0.15) is 0 Å². The molecule has 3 rings (SSSR count). The molecular formula is C19H26N4O. The highest BCUT2D eigenvalue weighted by Crippen LogP contribution is 2.18. The molecule has 1 aliphatic rings. The van der Waals surface area contributed by atoms with Crippen LogP contribution in [0, 0.1) is 0 Å². The minimum absolute atomic E-state index is 0.0576. The fourth-order valence-electron chi connectivity index (χ4n) is 3.25. The number of hydrogen-bond acceptors (Lipinski definition) is 4. The van der Waals surface area contributed by atoms with Crippen molar-refractivity contribution >= 4 is 0 Å². The van der Waals surface area contributed by atoms with Crippen molar-refractivity contribution in [2.45, 2.75) is 65.0 Å². The molecule has 128 valence electrons. The first kappa shape index (κ1) is 16.8. The molecule has 0 aromatic carbocycles. The van der Waals surface area contributed by atoms with Gasteiger partial charge >= 0.3 is 0 Å². The highest BCUT2D eigenvalue weighted by atomic mass is 16.1. The molecule has 2 N–H and O–H groups in total. The van der Waals surface area contributed by atoms with Crippen molar-refractivity contribution in [1.29, 1.82) is 0 Å². The number of aryl methyl sites for hydroxylation is 2. The summed E-state index contributed by atoms with van der Waals surface area (Å²) < 4.78 is 1.57. The van der Waals surface area contributed by atoms with E-state index in [2.05, 4.69) is 38.0 Å². The van der Waals surface area contributed by atoms with E-state index < -0.39 is 0 Å². The second-order valence-corrected chi connectivity index (χ2v) is 6.97. The van der Waals surface area contributed by atoms with Gasteiger partial charge in [0.05, 0.1) is 12.2 Å². The normalized spacial score (nSPS) is 17.1. The van der Waals surface area contributed by atoms with Crippen LogP contribution in [0.25, 0.3) is 0 Å². The lowest BCUT2D eigenvalue weighted by Crippen LogP contribution is -2.33. The first-order valence-corrected chi connectivity index (χ1v) is 8.82. The van der Waals surface area contributed by atoms with Crippen LogP contribution in [-0.4, -0.2) is 20.8 Å². The van der Waals surface area contributed by atoms with Gasteiger partial charge in [-0.05, 0) is 48.8 Å². The highest BCUT2D eigenvalue weighted by Gasteiger charge is 2.19. The average Bonchev–Trinajstić information content (AvgIpc) is 2.55. The summed E-state index contributed by atoms with van der Waals surface area (Å²) in [6.07, 6.45) is 3.39. The number of aromatic nitrogens is 3. The molecule has 0 saturated carbocycles. The standard InChI is InChI=1S/C19H26N4O/c1-4-16-13(5-7-17(21-16)12(2)3)11-23-19(24)10-14-9-15(20)6-8-18(14)22-23/h5,7,10,12,15H,4,6,8-9,11,20H2,1-3H3. The lowest BCUT2D eigenvalue weighted by Gasteiger charge is -2.21. The number of nitrogens with two attached hydrogens (primary N) is 1. The Hall–Kier alpha value is -2.01. The van der Waals surface area contributed by atoms with Crippen molar-refractivity contribution in [2.75, 3.05) is 0 Å². The van der Waals surface area contributed by atoms with Crippen molar-refractivity contribution in [1.82, 2.24) is 14.8 Å². The molecule has 2 heterocycles. The third kappa shape index (κ3) is 3.41. The number of pyridine rings is 1. The number of nitrogens with zero attached hydrogens (tertiary/aromatic N) is 3. The Balaban J connectivity index is 1.93. The van der Waals surface area contributed by atoms with Crippen molar-refractivity contribution in [3.05, 3.63) is 56.8 Å². The predicted octanol–water partition coefficient (Wildman–Crippen LogP) is 2.19. The summed E-state index contributed by atoms with van der Waals surface area (Å²) in [5, 5.41) is 4.60. The third-order valence-corrected chi connectivity index (χ3v) is 4.73. The highest BCUT2D eigenvalue weighted by molar-refractivity contribution is 5.26. The van der Waals surface area contributed by atoms with Gasteiger partial charge in [-0.25, -0.2) is 4.68 Å². The van der Waals surface area contributed by atoms with Crippen LogP contribution in [0.1, 0.15) is 61.3 Å². The Morgan fingerprint density at radius 3 is 2.88 bits per heavy atom. The van der Waals surface area contributed by atoms with E-state index in [1.807, 2.05) is 0 Å². The molecule has 0 saturated heterocycles. The summed E-state index contributed by atoms with van der Waals surface area (Å²) in [6, 6.07) is 6.00. The third-order valence-electron chi connectivity index (χ3n) is 4.73. The second kappa shape index (κ2) is 6.85. The fourth-order valence-corrected chi connectivity index (χ4v) is 3.25. The monoisotopic (exact) mass is 326 g/mol. The largest absolute Gasteiger partial charge is 0.327 e. The van der Waals surface area contributed by atoms with Crippen molar-refractivity contribution in [3.63, 3.8) is 0 Å². The molecule has 0 bridgehead atoms. The first-order valence-electron chi connectivity index (χ1n) is 8.82. The SMILES string of the molecule is CCc1nc(C(C)C)ccc1Cn1nc2c(cc1=O)CC(N)CC2. The van der Waals surface area contributed by atoms with Crippen LogP contribution in [0.3, 0.4) is 0 Å². The van der Waals surface area contributed by atoms with E-state index in [1.54, 1.807) is 10.7 Å². The van der Waals surface area contributed by atoms with Gasteiger partial charge in [0.25, 0.3) is 5.56 Å². The minimum Gasteiger partial charge on any atom is -0.327 e. The van der Waals surface area contributed by atoms with Gasteiger partial charge in [0.2, 0.25) is 0 Å². The smallest absolute Gasteiger partial charge is 0.267 e. The Labute approximate surface area is 142 Å². The van der Waals surface area contributed by atoms with Crippen LogP contribution in [-0.2, 0) is 25.8 Å². The van der Waals surface area contributed by atoms with Crippen molar-refractivity contribution in [2.24, 2.45) is 5.73 Å². The zero-order valence-electron chi connectivity index (χ0n) is 14.7. The summed E-state index contributed by atoms with van der Waals surface area (Å²) >= 11 is 0. The molecule has 5 nitrogen and oxygen atoms in total. The fraction of sp³-hybridized carbons (Fsp3) is 0.526. The molecular weight excluding hydrogens is 300 g/mol. The van der Waals surface area contributed by atoms with Gasteiger partial charge in [0, 0.05) is 23.5 Å². The summed E-state index contributed by atoms with van der Waals surface area (Å²) in [4.78, 5) is 17.2. The van der Waals surface area contributed by atoms with Gasteiger partial charge in [0.15, 0.2) is 0 Å². The first-order chi connectivity index (χ1) is 11.5. The zero-order chi connectivity index (χ0) is 17.3. The molecule has 0 amide bonds. The van der Waals surface area contributed by atoms with Crippen molar-refractivity contribution in [3.8, 4) is 0 Å². The number of rotatable bonds is 4. The van der Waals surface area contributed by atoms with Crippen molar-refractivity contribution < 1.29 is 0 Å². The molecule has 0 aliphatic heterocycles. The topological polar surface area (TPSA) is 73.8 Å². The minimum atomic E-state index is -0.0576. The lowest BCUT2D eigenvalue weighted by atomic mass is 9.93. The Bertz CT molecular complexity index is 794. The van der Waals surface area contributed by atoms with Gasteiger partial charge in [-0.1, -0.05) is 26.8 Å². The van der Waals surface area contributed by atoms with Gasteiger partial charge in [-0.3, -0.25) is 9.78 Å². The Kier molecular flexibility index (Phi) is 4.81. The molecule has 2 aromatic rings.